The van der Waals surface area contributed by atoms with Gasteiger partial charge in [-0.05, 0) is 13.0 Å². The molecule has 0 aromatic carbocycles. The summed E-state index contributed by atoms with van der Waals surface area (Å²) in [6.07, 6.45) is 10.4. The van der Waals surface area contributed by atoms with Gasteiger partial charge >= 0.3 is 0 Å². The van der Waals surface area contributed by atoms with Gasteiger partial charge in [-0.15, -0.1) is 11.3 Å². The van der Waals surface area contributed by atoms with Crippen LogP contribution in [0.5, 0.6) is 0 Å². The van der Waals surface area contributed by atoms with Crippen LogP contribution in [0, 0.1) is 0 Å². The minimum atomic E-state index is -0.185. The second-order valence-corrected chi connectivity index (χ2v) is 6.41. The average Bonchev–Trinajstić information content (AvgIpc) is 3.15. The fourth-order valence-electron chi connectivity index (χ4n) is 2.11. The van der Waals surface area contributed by atoms with Crippen molar-refractivity contribution in [2.45, 2.75) is 13.0 Å². The summed E-state index contributed by atoms with van der Waals surface area (Å²) in [5.74, 6) is 0.445. The molecular weight excluding hydrogens is 324 g/mol. The van der Waals surface area contributed by atoms with E-state index in [2.05, 4.69) is 20.3 Å². The molecule has 3 rings (SSSR count). The molecule has 0 saturated heterocycles. The number of hydrogen-bond donors (Lipinski definition) is 1. The largest absolute Gasteiger partial charge is 0.347 e. The van der Waals surface area contributed by atoms with Crippen molar-refractivity contribution in [3.8, 4) is 0 Å². The molecular formula is C16H18N6OS. The summed E-state index contributed by atoms with van der Waals surface area (Å²) in [5, 5.41) is 4.87. The Kier molecular flexibility index (Phi) is 4.57. The number of anilines is 1. The molecule has 1 atom stereocenters. The van der Waals surface area contributed by atoms with Crippen molar-refractivity contribution in [1.82, 2.24) is 24.7 Å². The van der Waals surface area contributed by atoms with Crippen LogP contribution in [0.4, 0.5) is 5.95 Å². The topological polar surface area (TPSA) is 75.4 Å². The highest BCUT2D eigenvalue weighted by Gasteiger charge is 2.12. The van der Waals surface area contributed by atoms with Gasteiger partial charge < -0.3 is 10.2 Å². The number of nitrogens with one attached hydrogen (secondary N) is 1. The zero-order valence-corrected chi connectivity index (χ0v) is 14.5. The van der Waals surface area contributed by atoms with Gasteiger partial charge in [0.1, 0.15) is 0 Å². The number of carbonyl (C=O) groups excluding carboxylic acids is 1. The number of thiazole rings is 1. The molecule has 8 heteroatoms. The first-order valence-corrected chi connectivity index (χ1v) is 8.31. The summed E-state index contributed by atoms with van der Waals surface area (Å²) in [4.78, 5) is 27.7. The molecule has 3 heterocycles. The molecule has 0 bridgehead atoms. The summed E-state index contributed by atoms with van der Waals surface area (Å²) >= 11 is 1.56. The lowest BCUT2D eigenvalue weighted by Crippen LogP contribution is -2.24. The number of fused-ring (bicyclic) bond motifs is 1. The van der Waals surface area contributed by atoms with E-state index >= 15 is 0 Å². The summed E-state index contributed by atoms with van der Waals surface area (Å²) in [7, 11) is 3.75. The SMILES string of the molecule is CC(NC(=O)/C=C/c1cnc(N(C)C)nc1)c1cn2ccsc2n1. The van der Waals surface area contributed by atoms with Crippen LogP contribution >= 0.6 is 11.3 Å². The number of nitrogens with zero attached hydrogens (tertiary/aromatic N) is 5. The lowest BCUT2D eigenvalue weighted by atomic mass is 10.2. The Hall–Kier alpha value is -2.74. The molecule has 7 nitrogen and oxygen atoms in total. The number of rotatable bonds is 5. The van der Waals surface area contributed by atoms with Gasteiger partial charge in [-0.1, -0.05) is 0 Å². The monoisotopic (exact) mass is 342 g/mol. The van der Waals surface area contributed by atoms with E-state index in [1.165, 1.54) is 6.08 Å². The van der Waals surface area contributed by atoms with Crippen LogP contribution < -0.4 is 10.2 Å². The summed E-state index contributed by atoms with van der Waals surface area (Å²) in [6, 6.07) is -0.165. The number of hydrogen-bond acceptors (Lipinski definition) is 6. The Morgan fingerprint density at radius 1 is 1.38 bits per heavy atom. The Balaban J connectivity index is 1.60. The van der Waals surface area contributed by atoms with Crippen LogP contribution in [0.2, 0.25) is 0 Å². The van der Waals surface area contributed by atoms with Crippen molar-refractivity contribution in [1.29, 1.82) is 0 Å². The average molecular weight is 342 g/mol. The van der Waals surface area contributed by atoms with E-state index in [4.69, 9.17) is 0 Å². The molecule has 1 N–H and O–H groups in total. The third-order valence-corrected chi connectivity index (χ3v) is 4.17. The molecule has 0 aliphatic heterocycles. The molecule has 24 heavy (non-hydrogen) atoms. The number of imidazole rings is 1. The van der Waals surface area contributed by atoms with Crippen molar-refractivity contribution in [3.63, 3.8) is 0 Å². The van der Waals surface area contributed by atoms with Crippen LogP contribution in [0.3, 0.4) is 0 Å². The maximum absolute atomic E-state index is 12.0. The zero-order valence-electron chi connectivity index (χ0n) is 13.7. The lowest BCUT2D eigenvalue weighted by molar-refractivity contribution is -0.117. The maximum Gasteiger partial charge on any atom is 0.244 e. The lowest BCUT2D eigenvalue weighted by Gasteiger charge is -2.09. The van der Waals surface area contributed by atoms with E-state index in [1.807, 2.05) is 48.1 Å². The van der Waals surface area contributed by atoms with E-state index in [-0.39, 0.29) is 11.9 Å². The van der Waals surface area contributed by atoms with Crippen molar-refractivity contribution < 1.29 is 4.79 Å². The Morgan fingerprint density at radius 2 is 2.12 bits per heavy atom. The standard InChI is InChI=1S/C16H18N6OS/c1-11(13-10-22-6-7-24-16(22)20-13)19-14(23)5-4-12-8-17-15(18-9-12)21(2)3/h4-11H,1-3H3,(H,19,23)/b5-4+. The molecule has 0 aliphatic rings. The first-order chi connectivity index (χ1) is 11.5. The normalized spacial score (nSPS) is 12.6. The van der Waals surface area contributed by atoms with Gasteiger partial charge in [0.15, 0.2) is 4.96 Å². The second-order valence-electron chi connectivity index (χ2n) is 5.53. The van der Waals surface area contributed by atoms with Crippen molar-refractivity contribution in [3.05, 3.63) is 47.5 Å². The smallest absolute Gasteiger partial charge is 0.244 e. The maximum atomic E-state index is 12.0. The molecule has 1 unspecified atom stereocenters. The molecule has 0 radical (unpaired) electrons. The van der Waals surface area contributed by atoms with Gasteiger partial charge in [0.25, 0.3) is 0 Å². The van der Waals surface area contributed by atoms with E-state index in [0.717, 1.165) is 16.2 Å². The molecule has 124 valence electrons. The van der Waals surface area contributed by atoms with E-state index in [1.54, 1.807) is 29.8 Å². The van der Waals surface area contributed by atoms with Crippen LogP contribution in [0.1, 0.15) is 24.2 Å². The Bertz CT molecular complexity index is 836. The zero-order chi connectivity index (χ0) is 17.1. The fourth-order valence-corrected chi connectivity index (χ4v) is 2.82. The molecule has 3 aromatic heterocycles. The van der Waals surface area contributed by atoms with Gasteiger partial charge in [-0.3, -0.25) is 9.20 Å². The van der Waals surface area contributed by atoms with Crippen LogP contribution in [0.25, 0.3) is 11.0 Å². The number of carbonyl (C=O) groups is 1. The summed E-state index contributed by atoms with van der Waals surface area (Å²) in [5.41, 5.74) is 1.60. The third kappa shape index (κ3) is 3.60. The number of amides is 1. The predicted molar refractivity (Wildman–Crippen MR) is 95.0 cm³/mol. The van der Waals surface area contributed by atoms with Crippen molar-refractivity contribution in [2.24, 2.45) is 0 Å². The molecule has 0 aliphatic carbocycles. The molecule has 1 amide bonds. The highest BCUT2D eigenvalue weighted by molar-refractivity contribution is 7.15. The van der Waals surface area contributed by atoms with Crippen molar-refractivity contribution >= 4 is 34.2 Å². The highest BCUT2D eigenvalue weighted by atomic mass is 32.1. The summed E-state index contributed by atoms with van der Waals surface area (Å²) < 4.78 is 1.95. The molecule has 0 saturated carbocycles. The van der Waals surface area contributed by atoms with E-state index in [9.17, 15) is 4.79 Å². The third-order valence-electron chi connectivity index (χ3n) is 3.40. The molecule has 0 spiro atoms. The highest BCUT2D eigenvalue weighted by Crippen LogP contribution is 2.16. The summed E-state index contributed by atoms with van der Waals surface area (Å²) in [6.45, 7) is 1.91. The Labute approximate surface area is 143 Å². The van der Waals surface area contributed by atoms with E-state index < -0.39 is 0 Å². The van der Waals surface area contributed by atoms with Crippen LogP contribution in [-0.4, -0.2) is 39.4 Å². The van der Waals surface area contributed by atoms with Gasteiger partial charge in [0.05, 0.1) is 11.7 Å². The van der Waals surface area contributed by atoms with Crippen LogP contribution in [-0.2, 0) is 4.79 Å². The van der Waals surface area contributed by atoms with Gasteiger partial charge in [-0.2, -0.15) is 0 Å². The number of aromatic nitrogens is 4. The molecule has 0 fully saturated rings. The fraction of sp³-hybridized carbons (Fsp3) is 0.250. The minimum absolute atomic E-state index is 0.165. The van der Waals surface area contributed by atoms with Gasteiger partial charge in [-0.25, -0.2) is 15.0 Å². The second kappa shape index (κ2) is 6.79. The van der Waals surface area contributed by atoms with Crippen LogP contribution in [0.15, 0.2) is 36.2 Å². The minimum Gasteiger partial charge on any atom is -0.347 e. The van der Waals surface area contributed by atoms with E-state index in [0.29, 0.717) is 5.95 Å². The van der Waals surface area contributed by atoms with Crippen molar-refractivity contribution in [2.75, 3.05) is 19.0 Å². The first kappa shape index (κ1) is 16.1. The quantitative estimate of drug-likeness (QED) is 0.719. The molecule has 3 aromatic rings. The van der Waals surface area contributed by atoms with Gasteiger partial charge in [0.2, 0.25) is 11.9 Å². The first-order valence-electron chi connectivity index (χ1n) is 7.43. The predicted octanol–water partition coefficient (Wildman–Crippen LogP) is 2.14. The van der Waals surface area contributed by atoms with Gasteiger partial charge in [0, 0.05) is 55.9 Å². The Morgan fingerprint density at radius 3 is 2.79 bits per heavy atom.